The molecule has 2 unspecified atom stereocenters. The van der Waals surface area contributed by atoms with E-state index in [1.165, 1.54) is 0 Å². The van der Waals surface area contributed by atoms with Gasteiger partial charge < -0.3 is 4.74 Å². The van der Waals surface area contributed by atoms with Gasteiger partial charge in [-0.1, -0.05) is 20.3 Å². The van der Waals surface area contributed by atoms with E-state index in [-0.39, 0.29) is 12.1 Å². The van der Waals surface area contributed by atoms with Gasteiger partial charge in [0.05, 0.1) is 6.42 Å². The second kappa shape index (κ2) is 3.74. The molecule has 1 fully saturated rings. The summed E-state index contributed by atoms with van der Waals surface area (Å²) in [7, 11) is 0. The number of hydrogen-bond donors (Lipinski definition) is 0. The molecular formula is C9H16O2. The number of hydrogen-bond acceptors (Lipinski definition) is 2. The van der Waals surface area contributed by atoms with E-state index in [9.17, 15) is 4.79 Å². The van der Waals surface area contributed by atoms with Gasteiger partial charge in [-0.05, 0) is 12.8 Å². The minimum absolute atomic E-state index is 0.00435. The minimum atomic E-state index is -0.00435. The summed E-state index contributed by atoms with van der Waals surface area (Å²) in [5.74, 6) is 0.484. The van der Waals surface area contributed by atoms with Crippen molar-refractivity contribution in [3.63, 3.8) is 0 Å². The van der Waals surface area contributed by atoms with Crippen molar-refractivity contribution in [1.82, 2.24) is 0 Å². The molecule has 0 amide bonds. The molecule has 11 heavy (non-hydrogen) atoms. The van der Waals surface area contributed by atoms with Crippen molar-refractivity contribution in [3.05, 3.63) is 0 Å². The van der Waals surface area contributed by atoms with Crippen LogP contribution in [0.1, 0.15) is 39.5 Å². The van der Waals surface area contributed by atoms with Crippen molar-refractivity contribution in [3.8, 4) is 0 Å². The van der Waals surface area contributed by atoms with Crippen LogP contribution in [0.5, 0.6) is 0 Å². The molecule has 64 valence electrons. The van der Waals surface area contributed by atoms with E-state index < -0.39 is 0 Å². The highest BCUT2D eigenvalue weighted by molar-refractivity contribution is 5.72. The highest BCUT2D eigenvalue weighted by atomic mass is 16.5. The summed E-state index contributed by atoms with van der Waals surface area (Å²) in [5.41, 5.74) is 0. The van der Waals surface area contributed by atoms with Crippen LogP contribution >= 0.6 is 0 Å². The Labute approximate surface area is 67.9 Å². The fourth-order valence-electron chi connectivity index (χ4n) is 1.65. The molecule has 1 aliphatic rings. The number of esters is 1. The molecule has 1 aliphatic heterocycles. The molecule has 0 aliphatic carbocycles. The monoisotopic (exact) mass is 156 g/mol. The molecule has 0 aromatic heterocycles. The highest BCUT2D eigenvalue weighted by Gasteiger charge is 2.32. The van der Waals surface area contributed by atoms with Gasteiger partial charge in [-0.25, -0.2) is 0 Å². The van der Waals surface area contributed by atoms with Gasteiger partial charge in [-0.2, -0.15) is 0 Å². The molecule has 0 aromatic rings. The quantitative estimate of drug-likeness (QED) is 0.585. The summed E-state index contributed by atoms with van der Waals surface area (Å²) in [4.78, 5) is 10.9. The minimum Gasteiger partial charge on any atom is -0.462 e. The van der Waals surface area contributed by atoms with Crippen molar-refractivity contribution >= 4 is 5.97 Å². The van der Waals surface area contributed by atoms with Crippen molar-refractivity contribution < 1.29 is 9.53 Å². The van der Waals surface area contributed by atoms with Crippen molar-refractivity contribution in [1.29, 1.82) is 0 Å². The van der Waals surface area contributed by atoms with Crippen LogP contribution in [-0.2, 0) is 9.53 Å². The maximum Gasteiger partial charge on any atom is 0.306 e. The molecule has 0 bridgehead atoms. The molecule has 0 radical (unpaired) electrons. The van der Waals surface area contributed by atoms with Crippen LogP contribution in [0.3, 0.4) is 0 Å². The summed E-state index contributed by atoms with van der Waals surface area (Å²) in [5, 5.41) is 0. The van der Waals surface area contributed by atoms with Crippen LogP contribution in [0.4, 0.5) is 0 Å². The van der Waals surface area contributed by atoms with E-state index in [1.807, 2.05) is 0 Å². The standard InChI is InChI=1S/C9H16O2/c1-3-5-8-7(4-2)6-9(10)11-8/h7-8H,3-6H2,1-2H3. The third-order valence-electron chi connectivity index (χ3n) is 2.34. The lowest BCUT2D eigenvalue weighted by Crippen LogP contribution is -2.14. The maximum atomic E-state index is 10.9. The molecule has 0 N–H and O–H groups in total. The molecule has 1 saturated heterocycles. The van der Waals surface area contributed by atoms with E-state index in [4.69, 9.17) is 4.74 Å². The molecule has 1 heterocycles. The molecule has 2 nitrogen and oxygen atoms in total. The topological polar surface area (TPSA) is 26.3 Å². The van der Waals surface area contributed by atoms with Gasteiger partial charge in [0.2, 0.25) is 0 Å². The highest BCUT2D eigenvalue weighted by Crippen LogP contribution is 2.27. The van der Waals surface area contributed by atoms with Crippen LogP contribution in [0.25, 0.3) is 0 Å². The predicted octanol–water partition coefficient (Wildman–Crippen LogP) is 2.13. The Kier molecular flexibility index (Phi) is 2.92. The van der Waals surface area contributed by atoms with Gasteiger partial charge >= 0.3 is 5.97 Å². The lowest BCUT2D eigenvalue weighted by atomic mass is 9.95. The zero-order chi connectivity index (χ0) is 8.27. The summed E-state index contributed by atoms with van der Waals surface area (Å²) in [6.45, 7) is 4.24. The first kappa shape index (κ1) is 8.57. The van der Waals surface area contributed by atoms with Crippen LogP contribution in [0, 0.1) is 5.92 Å². The third-order valence-corrected chi connectivity index (χ3v) is 2.34. The van der Waals surface area contributed by atoms with Gasteiger partial charge in [0.15, 0.2) is 0 Å². The lowest BCUT2D eigenvalue weighted by Gasteiger charge is -2.13. The van der Waals surface area contributed by atoms with E-state index in [0.717, 1.165) is 19.3 Å². The number of rotatable bonds is 3. The largest absolute Gasteiger partial charge is 0.462 e. The Hall–Kier alpha value is -0.530. The molecule has 0 spiro atoms. The molecular weight excluding hydrogens is 140 g/mol. The average molecular weight is 156 g/mol. The Bertz CT molecular complexity index is 142. The fourth-order valence-corrected chi connectivity index (χ4v) is 1.65. The van der Waals surface area contributed by atoms with E-state index in [0.29, 0.717) is 12.3 Å². The first-order chi connectivity index (χ1) is 5.27. The first-order valence-corrected chi connectivity index (χ1v) is 4.47. The van der Waals surface area contributed by atoms with Gasteiger partial charge in [0.25, 0.3) is 0 Å². The zero-order valence-electron chi connectivity index (χ0n) is 7.30. The second-order valence-corrected chi connectivity index (χ2v) is 3.19. The van der Waals surface area contributed by atoms with Crippen LogP contribution in [0.2, 0.25) is 0 Å². The van der Waals surface area contributed by atoms with Crippen LogP contribution in [-0.4, -0.2) is 12.1 Å². The molecule has 0 saturated carbocycles. The van der Waals surface area contributed by atoms with Gasteiger partial charge in [0.1, 0.15) is 6.10 Å². The normalized spacial score (nSPS) is 30.5. The van der Waals surface area contributed by atoms with Gasteiger partial charge in [-0.3, -0.25) is 4.79 Å². The average Bonchev–Trinajstić information content (AvgIpc) is 2.32. The lowest BCUT2D eigenvalue weighted by molar-refractivity contribution is -0.141. The Morgan fingerprint density at radius 1 is 1.55 bits per heavy atom. The SMILES string of the molecule is CCCC1OC(=O)CC1CC. The number of carbonyl (C=O) groups excluding carboxylic acids is 1. The Morgan fingerprint density at radius 3 is 2.82 bits per heavy atom. The van der Waals surface area contributed by atoms with E-state index in [1.54, 1.807) is 0 Å². The van der Waals surface area contributed by atoms with Crippen molar-refractivity contribution in [2.45, 2.75) is 45.6 Å². The van der Waals surface area contributed by atoms with E-state index >= 15 is 0 Å². The smallest absolute Gasteiger partial charge is 0.306 e. The number of ether oxygens (including phenoxy) is 1. The summed E-state index contributed by atoms with van der Waals surface area (Å²) >= 11 is 0. The van der Waals surface area contributed by atoms with Gasteiger partial charge in [0, 0.05) is 5.92 Å². The molecule has 2 atom stereocenters. The molecule has 1 rings (SSSR count). The Morgan fingerprint density at radius 2 is 2.27 bits per heavy atom. The van der Waals surface area contributed by atoms with Crippen LogP contribution in [0.15, 0.2) is 0 Å². The summed E-state index contributed by atoms with van der Waals surface area (Å²) in [6.07, 6.45) is 4.06. The van der Waals surface area contributed by atoms with Crippen molar-refractivity contribution in [2.75, 3.05) is 0 Å². The van der Waals surface area contributed by atoms with E-state index in [2.05, 4.69) is 13.8 Å². The zero-order valence-corrected chi connectivity index (χ0v) is 7.30. The molecule has 0 aromatic carbocycles. The predicted molar refractivity (Wildman–Crippen MR) is 43.2 cm³/mol. The number of carbonyl (C=O) groups is 1. The van der Waals surface area contributed by atoms with Gasteiger partial charge in [-0.15, -0.1) is 0 Å². The number of cyclic esters (lactones) is 1. The molecule has 2 heteroatoms. The first-order valence-electron chi connectivity index (χ1n) is 4.47. The fraction of sp³-hybridized carbons (Fsp3) is 0.889. The second-order valence-electron chi connectivity index (χ2n) is 3.19. The third kappa shape index (κ3) is 1.95. The van der Waals surface area contributed by atoms with Crippen molar-refractivity contribution in [2.24, 2.45) is 5.92 Å². The summed E-state index contributed by atoms with van der Waals surface area (Å²) < 4.78 is 5.17. The Balaban J connectivity index is 2.43. The maximum absolute atomic E-state index is 10.9. The summed E-state index contributed by atoms with van der Waals surface area (Å²) in [6, 6.07) is 0. The van der Waals surface area contributed by atoms with Crippen LogP contribution < -0.4 is 0 Å².